The highest BCUT2D eigenvalue weighted by molar-refractivity contribution is 6.03. The number of aromatic nitrogens is 4. The molecule has 2 aromatic carbocycles. The maximum atomic E-state index is 13.3. The van der Waals surface area contributed by atoms with Gasteiger partial charge in [0.05, 0.1) is 31.0 Å². The van der Waals surface area contributed by atoms with Crippen LogP contribution in [-0.2, 0) is 4.74 Å². The van der Waals surface area contributed by atoms with Crippen LogP contribution < -0.4 is 4.90 Å². The Balaban J connectivity index is 1.65. The Bertz CT molecular complexity index is 1130. The number of ether oxygens (including phenoxy) is 1. The van der Waals surface area contributed by atoms with E-state index in [9.17, 15) is 4.39 Å². The molecule has 0 unspecified atom stereocenters. The predicted molar refractivity (Wildman–Crippen MR) is 106 cm³/mol. The van der Waals surface area contributed by atoms with E-state index in [1.807, 2.05) is 17.7 Å². The average molecular weight is 377 g/mol. The van der Waals surface area contributed by atoms with Gasteiger partial charge in [-0.05, 0) is 42.8 Å². The Hall–Kier alpha value is -3.06. The van der Waals surface area contributed by atoms with E-state index in [2.05, 4.69) is 32.3 Å². The summed E-state index contributed by atoms with van der Waals surface area (Å²) in [5.41, 5.74) is 4.71. The van der Waals surface area contributed by atoms with Crippen molar-refractivity contribution in [2.75, 3.05) is 31.2 Å². The molecule has 1 aliphatic rings. The number of halogens is 1. The third-order valence-corrected chi connectivity index (χ3v) is 5.38. The number of nitrogens with zero attached hydrogens (tertiary/aromatic N) is 5. The minimum atomic E-state index is -0.246. The standard InChI is InChI=1S/C21H20FN5O/c1-14(15-2-4-16(22)5-3-15)27-21-18-12-17(26-8-10-28-11-9-26)6-7-19(18)23-13-20(21)24-25-27/h2-7,12-14H,8-11H2,1H3/t14-/m0/s1. The highest BCUT2D eigenvalue weighted by Gasteiger charge is 2.18. The van der Waals surface area contributed by atoms with Crippen molar-refractivity contribution in [2.45, 2.75) is 13.0 Å². The number of rotatable bonds is 3. The molecule has 142 valence electrons. The van der Waals surface area contributed by atoms with Gasteiger partial charge < -0.3 is 9.64 Å². The van der Waals surface area contributed by atoms with Gasteiger partial charge in [0.25, 0.3) is 0 Å². The predicted octanol–water partition coefficient (Wildman–Crippen LogP) is 3.56. The third kappa shape index (κ3) is 2.88. The molecule has 3 heterocycles. The summed E-state index contributed by atoms with van der Waals surface area (Å²) in [5.74, 6) is -0.246. The van der Waals surface area contributed by atoms with Crippen molar-refractivity contribution in [1.29, 1.82) is 0 Å². The summed E-state index contributed by atoms with van der Waals surface area (Å²) in [6.45, 7) is 5.26. The molecule has 5 rings (SSSR count). The smallest absolute Gasteiger partial charge is 0.132 e. The molecule has 28 heavy (non-hydrogen) atoms. The van der Waals surface area contributed by atoms with Gasteiger partial charge in [-0.25, -0.2) is 9.07 Å². The van der Waals surface area contributed by atoms with Crippen molar-refractivity contribution in [2.24, 2.45) is 0 Å². The SMILES string of the molecule is C[C@@H](c1ccc(F)cc1)n1nnc2cnc3ccc(N4CCOCC4)cc3c21. The molecule has 7 heteroatoms. The van der Waals surface area contributed by atoms with Gasteiger partial charge in [-0.1, -0.05) is 17.3 Å². The molecule has 1 fully saturated rings. The summed E-state index contributed by atoms with van der Waals surface area (Å²) in [6, 6.07) is 12.7. The summed E-state index contributed by atoms with van der Waals surface area (Å²) < 4.78 is 20.7. The molecule has 1 aliphatic heterocycles. The molecule has 1 atom stereocenters. The lowest BCUT2D eigenvalue weighted by Crippen LogP contribution is -2.36. The number of pyridine rings is 1. The third-order valence-electron chi connectivity index (χ3n) is 5.38. The Morgan fingerprint density at radius 3 is 2.61 bits per heavy atom. The van der Waals surface area contributed by atoms with E-state index < -0.39 is 0 Å². The van der Waals surface area contributed by atoms with E-state index >= 15 is 0 Å². The normalized spacial score (nSPS) is 16.0. The van der Waals surface area contributed by atoms with Crippen molar-refractivity contribution in [1.82, 2.24) is 20.0 Å². The molecule has 0 aliphatic carbocycles. The number of fused-ring (bicyclic) bond motifs is 3. The van der Waals surface area contributed by atoms with Crippen molar-refractivity contribution in [3.63, 3.8) is 0 Å². The first-order valence-electron chi connectivity index (χ1n) is 9.42. The highest BCUT2D eigenvalue weighted by atomic mass is 19.1. The van der Waals surface area contributed by atoms with Gasteiger partial charge >= 0.3 is 0 Å². The number of morpholine rings is 1. The fourth-order valence-electron chi connectivity index (χ4n) is 3.78. The molecular weight excluding hydrogens is 357 g/mol. The van der Waals surface area contributed by atoms with E-state index in [4.69, 9.17) is 4.74 Å². The zero-order chi connectivity index (χ0) is 19.1. The highest BCUT2D eigenvalue weighted by Crippen LogP contribution is 2.30. The molecule has 0 radical (unpaired) electrons. The molecule has 0 amide bonds. The van der Waals surface area contributed by atoms with Crippen LogP contribution >= 0.6 is 0 Å². The second-order valence-corrected chi connectivity index (χ2v) is 7.05. The lowest BCUT2D eigenvalue weighted by molar-refractivity contribution is 0.122. The van der Waals surface area contributed by atoms with Gasteiger partial charge in [-0.2, -0.15) is 0 Å². The van der Waals surface area contributed by atoms with Crippen LogP contribution in [0.2, 0.25) is 0 Å². The van der Waals surface area contributed by atoms with Gasteiger partial charge in [0.2, 0.25) is 0 Å². The number of anilines is 1. The first-order valence-corrected chi connectivity index (χ1v) is 9.42. The summed E-state index contributed by atoms with van der Waals surface area (Å²) in [6.07, 6.45) is 1.76. The molecular formula is C21H20FN5O. The average Bonchev–Trinajstić information content (AvgIpc) is 3.19. The summed E-state index contributed by atoms with van der Waals surface area (Å²) >= 11 is 0. The number of hydrogen-bond acceptors (Lipinski definition) is 5. The maximum Gasteiger partial charge on any atom is 0.132 e. The lowest BCUT2D eigenvalue weighted by atomic mass is 10.1. The van der Waals surface area contributed by atoms with Crippen LogP contribution in [0.25, 0.3) is 21.9 Å². The number of hydrogen-bond donors (Lipinski definition) is 0. The van der Waals surface area contributed by atoms with Crippen molar-refractivity contribution < 1.29 is 9.13 Å². The van der Waals surface area contributed by atoms with Crippen molar-refractivity contribution >= 4 is 27.6 Å². The first kappa shape index (κ1) is 17.1. The van der Waals surface area contributed by atoms with E-state index in [1.165, 1.54) is 12.1 Å². The zero-order valence-electron chi connectivity index (χ0n) is 15.5. The largest absolute Gasteiger partial charge is 0.378 e. The van der Waals surface area contributed by atoms with Gasteiger partial charge in [-0.15, -0.1) is 5.10 Å². The summed E-state index contributed by atoms with van der Waals surface area (Å²) in [4.78, 5) is 6.86. The van der Waals surface area contributed by atoms with E-state index in [1.54, 1.807) is 18.3 Å². The molecule has 1 saturated heterocycles. The minimum absolute atomic E-state index is 0.0803. The Kier molecular flexibility index (Phi) is 4.16. The monoisotopic (exact) mass is 377 g/mol. The van der Waals surface area contributed by atoms with Gasteiger partial charge in [0.1, 0.15) is 16.9 Å². The molecule has 6 nitrogen and oxygen atoms in total. The first-order chi connectivity index (χ1) is 13.7. The van der Waals surface area contributed by atoms with Crippen molar-refractivity contribution in [3.8, 4) is 0 Å². The fraction of sp³-hybridized carbons (Fsp3) is 0.286. The second-order valence-electron chi connectivity index (χ2n) is 7.05. The fourth-order valence-corrected chi connectivity index (χ4v) is 3.78. The zero-order valence-corrected chi connectivity index (χ0v) is 15.5. The van der Waals surface area contributed by atoms with Crippen LogP contribution in [0, 0.1) is 5.82 Å². The van der Waals surface area contributed by atoms with E-state index in [-0.39, 0.29) is 11.9 Å². The van der Waals surface area contributed by atoms with Crippen LogP contribution in [-0.4, -0.2) is 46.3 Å². The van der Waals surface area contributed by atoms with Crippen LogP contribution in [0.4, 0.5) is 10.1 Å². The minimum Gasteiger partial charge on any atom is -0.378 e. The molecule has 0 saturated carbocycles. The molecule has 2 aromatic heterocycles. The second kappa shape index (κ2) is 6.83. The summed E-state index contributed by atoms with van der Waals surface area (Å²) in [5, 5.41) is 9.72. The Morgan fingerprint density at radius 1 is 1.04 bits per heavy atom. The number of benzene rings is 2. The topological polar surface area (TPSA) is 56.1 Å². The van der Waals surface area contributed by atoms with Crippen LogP contribution in [0.15, 0.2) is 48.7 Å². The van der Waals surface area contributed by atoms with Crippen LogP contribution in [0.1, 0.15) is 18.5 Å². The Morgan fingerprint density at radius 2 is 1.82 bits per heavy atom. The van der Waals surface area contributed by atoms with E-state index in [0.717, 1.165) is 59.5 Å². The van der Waals surface area contributed by atoms with E-state index in [0.29, 0.717) is 0 Å². The molecule has 0 bridgehead atoms. The van der Waals surface area contributed by atoms with Crippen molar-refractivity contribution in [3.05, 3.63) is 60.0 Å². The lowest BCUT2D eigenvalue weighted by Gasteiger charge is -2.29. The summed E-state index contributed by atoms with van der Waals surface area (Å²) in [7, 11) is 0. The quantitative estimate of drug-likeness (QED) is 0.546. The van der Waals surface area contributed by atoms with Crippen LogP contribution in [0.5, 0.6) is 0 Å². The molecule has 0 spiro atoms. The Labute approximate surface area is 161 Å². The van der Waals surface area contributed by atoms with Crippen LogP contribution in [0.3, 0.4) is 0 Å². The van der Waals surface area contributed by atoms with Gasteiger partial charge in [0, 0.05) is 24.2 Å². The molecule has 0 N–H and O–H groups in total. The van der Waals surface area contributed by atoms with Gasteiger partial charge in [0.15, 0.2) is 0 Å². The molecule has 4 aromatic rings. The maximum absolute atomic E-state index is 13.3. The van der Waals surface area contributed by atoms with Gasteiger partial charge in [-0.3, -0.25) is 4.98 Å².